The highest BCUT2D eigenvalue weighted by molar-refractivity contribution is 7.89. The Bertz CT molecular complexity index is 973. The number of anilines is 1. The molecule has 132 valence electrons. The first-order chi connectivity index (χ1) is 11.5. The van der Waals surface area contributed by atoms with E-state index in [-0.39, 0.29) is 23.8 Å². The molecule has 0 saturated carbocycles. The van der Waals surface area contributed by atoms with Gasteiger partial charge < -0.3 is 10.5 Å². The lowest BCUT2D eigenvalue weighted by molar-refractivity contribution is 0.414. The highest BCUT2D eigenvalue weighted by atomic mass is 35.5. The first-order valence-electron chi connectivity index (χ1n) is 7.41. The molecule has 0 unspecified atom stereocenters. The van der Waals surface area contributed by atoms with Crippen molar-refractivity contribution in [1.29, 1.82) is 0 Å². The van der Waals surface area contributed by atoms with Crippen LogP contribution in [-0.2, 0) is 16.6 Å². The molecule has 0 amide bonds. The third-order valence-corrected chi connectivity index (χ3v) is 5.29. The molecule has 0 radical (unpaired) electrons. The van der Waals surface area contributed by atoms with Crippen LogP contribution in [0.1, 0.15) is 5.56 Å². The van der Waals surface area contributed by atoms with Gasteiger partial charge in [-0.1, -0.05) is 36.4 Å². The highest BCUT2D eigenvalue weighted by Crippen LogP contribution is 2.27. The van der Waals surface area contributed by atoms with Gasteiger partial charge in [0.05, 0.1) is 12.0 Å². The minimum atomic E-state index is -3.65. The maximum atomic E-state index is 12.7. The SMILES string of the molecule is COc1ccc(CNS(=O)(=O)c2cccc3c(N)cccc23)cc1.Cl. The number of sulfonamides is 1. The number of methoxy groups -OCH3 is 1. The number of benzene rings is 3. The minimum Gasteiger partial charge on any atom is -0.497 e. The van der Waals surface area contributed by atoms with Gasteiger partial charge in [0.25, 0.3) is 0 Å². The van der Waals surface area contributed by atoms with Crippen LogP contribution in [0.5, 0.6) is 5.75 Å². The Hall–Kier alpha value is -2.28. The molecule has 0 heterocycles. The molecule has 0 aromatic heterocycles. The molecule has 0 aliphatic heterocycles. The quantitative estimate of drug-likeness (QED) is 0.667. The molecule has 3 rings (SSSR count). The van der Waals surface area contributed by atoms with Gasteiger partial charge >= 0.3 is 0 Å². The number of nitrogens with two attached hydrogens (primary N) is 1. The second-order valence-corrected chi connectivity index (χ2v) is 7.11. The summed E-state index contributed by atoms with van der Waals surface area (Å²) in [5.41, 5.74) is 7.34. The highest BCUT2D eigenvalue weighted by Gasteiger charge is 2.17. The predicted octanol–water partition coefficient (Wildman–Crippen LogP) is 3.33. The van der Waals surface area contributed by atoms with Gasteiger partial charge in [-0.25, -0.2) is 13.1 Å². The van der Waals surface area contributed by atoms with E-state index in [1.807, 2.05) is 18.2 Å². The number of hydrogen-bond acceptors (Lipinski definition) is 4. The fourth-order valence-corrected chi connectivity index (χ4v) is 3.78. The first-order valence-corrected chi connectivity index (χ1v) is 8.89. The molecule has 3 aromatic rings. The van der Waals surface area contributed by atoms with Crippen molar-refractivity contribution >= 4 is 38.9 Å². The summed E-state index contributed by atoms with van der Waals surface area (Å²) in [5.74, 6) is 0.728. The van der Waals surface area contributed by atoms with Gasteiger partial charge in [0.15, 0.2) is 0 Å². The van der Waals surface area contributed by atoms with E-state index in [9.17, 15) is 8.42 Å². The molecule has 5 nitrogen and oxygen atoms in total. The second-order valence-electron chi connectivity index (χ2n) is 5.37. The van der Waals surface area contributed by atoms with E-state index in [1.165, 1.54) is 0 Å². The van der Waals surface area contributed by atoms with Gasteiger partial charge in [-0.3, -0.25) is 0 Å². The number of hydrogen-bond donors (Lipinski definition) is 2. The molecule has 0 aliphatic carbocycles. The van der Waals surface area contributed by atoms with Crippen molar-refractivity contribution in [2.75, 3.05) is 12.8 Å². The average Bonchev–Trinajstić information content (AvgIpc) is 2.60. The lowest BCUT2D eigenvalue weighted by Gasteiger charge is -2.11. The molecule has 3 N–H and O–H groups in total. The number of rotatable bonds is 5. The van der Waals surface area contributed by atoms with Crippen LogP contribution in [-0.4, -0.2) is 15.5 Å². The van der Waals surface area contributed by atoms with Gasteiger partial charge in [0.1, 0.15) is 5.75 Å². The molecular formula is C18H19ClN2O3S. The third kappa shape index (κ3) is 4.04. The van der Waals surface area contributed by atoms with Gasteiger partial charge in [-0.2, -0.15) is 0 Å². The zero-order chi connectivity index (χ0) is 17.2. The van der Waals surface area contributed by atoms with Crippen LogP contribution in [0.25, 0.3) is 10.8 Å². The van der Waals surface area contributed by atoms with Crippen LogP contribution in [0, 0.1) is 0 Å². The van der Waals surface area contributed by atoms with Crippen LogP contribution in [0.3, 0.4) is 0 Å². The summed E-state index contributed by atoms with van der Waals surface area (Å²) >= 11 is 0. The molecule has 7 heteroatoms. The zero-order valence-corrected chi connectivity index (χ0v) is 15.2. The normalized spacial score (nSPS) is 11.1. The minimum absolute atomic E-state index is 0. The summed E-state index contributed by atoms with van der Waals surface area (Å²) in [7, 11) is -2.07. The lowest BCUT2D eigenvalue weighted by atomic mass is 10.1. The number of nitrogens with one attached hydrogen (secondary N) is 1. The van der Waals surface area contributed by atoms with E-state index in [0.717, 1.165) is 16.7 Å². The summed E-state index contributed by atoms with van der Waals surface area (Å²) in [6, 6.07) is 17.6. The van der Waals surface area contributed by atoms with Gasteiger partial charge in [0, 0.05) is 23.0 Å². The van der Waals surface area contributed by atoms with Crippen molar-refractivity contribution in [1.82, 2.24) is 4.72 Å². The molecule has 0 aliphatic rings. The number of nitrogen functional groups attached to an aromatic ring is 1. The van der Waals surface area contributed by atoms with E-state index >= 15 is 0 Å². The first kappa shape index (κ1) is 19.1. The summed E-state index contributed by atoms with van der Waals surface area (Å²) < 4.78 is 33.1. The Morgan fingerprint density at radius 3 is 2.28 bits per heavy atom. The molecule has 0 fully saturated rings. The second kappa shape index (κ2) is 7.74. The number of halogens is 1. The molecule has 3 aromatic carbocycles. The van der Waals surface area contributed by atoms with Gasteiger partial charge in [0.2, 0.25) is 10.0 Å². The summed E-state index contributed by atoms with van der Waals surface area (Å²) in [5, 5.41) is 1.34. The van der Waals surface area contributed by atoms with E-state index in [0.29, 0.717) is 11.1 Å². The summed E-state index contributed by atoms with van der Waals surface area (Å²) in [4.78, 5) is 0.223. The third-order valence-electron chi connectivity index (χ3n) is 3.83. The molecular weight excluding hydrogens is 360 g/mol. The fraction of sp³-hybridized carbons (Fsp3) is 0.111. The monoisotopic (exact) mass is 378 g/mol. The lowest BCUT2D eigenvalue weighted by Crippen LogP contribution is -2.23. The Kier molecular flexibility index (Phi) is 5.89. The zero-order valence-electron chi connectivity index (χ0n) is 13.6. The van der Waals surface area contributed by atoms with Crippen molar-refractivity contribution in [3.63, 3.8) is 0 Å². The molecule has 0 bridgehead atoms. The topological polar surface area (TPSA) is 81.4 Å². The van der Waals surface area contributed by atoms with E-state index in [2.05, 4.69) is 4.72 Å². The molecule has 25 heavy (non-hydrogen) atoms. The Labute approximate surface area is 153 Å². The van der Waals surface area contributed by atoms with E-state index < -0.39 is 10.0 Å². The van der Waals surface area contributed by atoms with E-state index in [4.69, 9.17) is 10.5 Å². The smallest absolute Gasteiger partial charge is 0.241 e. The molecule has 0 saturated heterocycles. The largest absolute Gasteiger partial charge is 0.497 e. The predicted molar refractivity (Wildman–Crippen MR) is 103 cm³/mol. The maximum absolute atomic E-state index is 12.7. The van der Waals surface area contributed by atoms with Gasteiger partial charge in [-0.05, 0) is 29.8 Å². The summed E-state index contributed by atoms with van der Waals surface area (Å²) in [6.07, 6.45) is 0. The van der Waals surface area contributed by atoms with Crippen molar-refractivity contribution in [3.05, 3.63) is 66.2 Å². The van der Waals surface area contributed by atoms with Crippen LogP contribution < -0.4 is 15.2 Å². The Morgan fingerprint density at radius 1 is 0.960 bits per heavy atom. The fourth-order valence-electron chi connectivity index (χ4n) is 2.54. The van der Waals surface area contributed by atoms with Crippen molar-refractivity contribution < 1.29 is 13.2 Å². The van der Waals surface area contributed by atoms with Crippen LogP contribution >= 0.6 is 12.4 Å². The van der Waals surface area contributed by atoms with Gasteiger partial charge in [-0.15, -0.1) is 12.4 Å². The Balaban J connectivity index is 0.00000225. The van der Waals surface area contributed by atoms with Crippen LogP contribution in [0.2, 0.25) is 0 Å². The van der Waals surface area contributed by atoms with Crippen molar-refractivity contribution in [3.8, 4) is 5.75 Å². The maximum Gasteiger partial charge on any atom is 0.241 e. The summed E-state index contributed by atoms with van der Waals surface area (Å²) in [6.45, 7) is 0.199. The van der Waals surface area contributed by atoms with Crippen molar-refractivity contribution in [2.24, 2.45) is 0 Å². The average molecular weight is 379 g/mol. The molecule has 0 spiro atoms. The standard InChI is InChI=1S/C18H18N2O3S.ClH/c1-23-14-10-8-13(9-11-14)12-20-24(21,22)18-7-3-4-15-16(18)5-2-6-17(15)19;/h2-11,20H,12,19H2,1H3;1H. The number of ether oxygens (including phenoxy) is 1. The molecule has 0 atom stereocenters. The number of fused-ring (bicyclic) bond motifs is 1. The Morgan fingerprint density at radius 2 is 1.60 bits per heavy atom. The van der Waals surface area contributed by atoms with Crippen LogP contribution in [0.15, 0.2) is 65.6 Å². The van der Waals surface area contributed by atoms with Crippen LogP contribution in [0.4, 0.5) is 5.69 Å². The van der Waals surface area contributed by atoms with Crippen molar-refractivity contribution in [2.45, 2.75) is 11.4 Å². The van der Waals surface area contributed by atoms with E-state index in [1.54, 1.807) is 49.6 Å².